The van der Waals surface area contributed by atoms with Gasteiger partial charge in [0.25, 0.3) is 11.5 Å². The van der Waals surface area contributed by atoms with Crippen molar-refractivity contribution in [3.8, 4) is 5.75 Å². The fourth-order valence-electron chi connectivity index (χ4n) is 3.22. The van der Waals surface area contributed by atoms with Crippen LogP contribution in [0.3, 0.4) is 0 Å². The third-order valence-electron chi connectivity index (χ3n) is 5.01. The van der Waals surface area contributed by atoms with E-state index in [9.17, 15) is 14.4 Å². The number of benzene rings is 2. The number of aryl methyl sites for hydroxylation is 3. The summed E-state index contributed by atoms with van der Waals surface area (Å²) in [6.45, 7) is 5.12. The minimum absolute atomic E-state index is 0.172. The molecule has 0 radical (unpaired) electrons. The molecule has 34 heavy (non-hydrogen) atoms. The molecule has 0 aliphatic carbocycles. The van der Waals surface area contributed by atoms with E-state index in [1.54, 1.807) is 37.3 Å². The van der Waals surface area contributed by atoms with Crippen molar-refractivity contribution in [2.75, 3.05) is 11.9 Å². The first-order chi connectivity index (χ1) is 16.3. The molecular weight excluding hydrogens is 438 g/mol. The molecule has 9 heteroatoms. The van der Waals surface area contributed by atoms with Crippen molar-refractivity contribution < 1.29 is 23.6 Å². The SMILES string of the molecule is Cc1ccc(OCC(=O)Nc2cc(C(=O)OCc3cc(=O)n4oc(C)cc4n3)ccc2C)cc1. The molecule has 0 saturated carbocycles. The number of hydrogen-bond donors (Lipinski definition) is 1. The summed E-state index contributed by atoms with van der Waals surface area (Å²) < 4.78 is 17.1. The normalized spacial score (nSPS) is 10.8. The molecule has 1 N–H and O–H groups in total. The first kappa shape index (κ1) is 22.8. The van der Waals surface area contributed by atoms with Crippen LogP contribution in [0.2, 0.25) is 0 Å². The van der Waals surface area contributed by atoms with Crippen LogP contribution >= 0.6 is 0 Å². The van der Waals surface area contributed by atoms with E-state index in [4.69, 9.17) is 14.0 Å². The van der Waals surface area contributed by atoms with Gasteiger partial charge in [0.15, 0.2) is 12.3 Å². The molecule has 0 spiro atoms. The predicted molar refractivity (Wildman–Crippen MR) is 124 cm³/mol. The van der Waals surface area contributed by atoms with E-state index in [-0.39, 0.29) is 24.7 Å². The summed E-state index contributed by atoms with van der Waals surface area (Å²) in [6, 6.07) is 15.1. The van der Waals surface area contributed by atoms with Crippen molar-refractivity contribution in [2.24, 2.45) is 0 Å². The van der Waals surface area contributed by atoms with Gasteiger partial charge in [-0.25, -0.2) is 9.78 Å². The van der Waals surface area contributed by atoms with Gasteiger partial charge in [-0.05, 0) is 50.6 Å². The van der Waals surface area contributed by atoms with Gasteiger partial charge in [0.1, 0.15) is 18.1 Å². The number of nitrogens with one attached hydrogen (secondary N) is 1. The number of ether oxygens (including phenoxy) is 2. The topological polar surface area (TPSA) is 112 Å². The van der Waals surface area contributed by atoms with Crippen molar-refractivity contribution in [3.05, 3.63) is 93.1 Å². The van der Waals surface area contributed by atoms with E-state index in [1.807, 2.05) is 26.0 Å². The molecule has 2 heterocycles. The number of rotatable bonds is 7. The summed E-state index contributed by atoms with van der Waals surface area (Å²) >= 11 is 0. The molecule has 9 nitrogen and oxygen atoms in total. The third-order valence-corrected chi connectivity index (χ3v) is 5.01. The lowest BCUT2D eigenvalue weighted by molar-refractivity contribution is -0.118. The standard InChI is InChI=1S/C25H23N3O6/c1-15-4-8-20(9-5-15)32-14-23(29)27-21-11-18(7-6-16(21)2)25(31)33-13-19-12-24(30)28-22(26-19)10-17(3)34-28/h4-12H,13-14H2,1-3H3,(H,27,29). The predicted octanol–water partition coefficient (Wildman–Crippen LogP) is 3.59. The first-order valence-electron chi connectivity index (χ1n) is 10.6. The van der Waals surface area contributed by atoms with E-state index < -0.39 is 11.5 Å². The number of amides is 1. The van der Waals surface area contributed by atoms with Crippen LogP contribution in [0.4, 0.5) is 5.69 Å². The molecule has 0 aliphatic rings. The van der Waals surface area contributed by atoms with Gasteiger partial charge in [-0.2, -0.15) is 0 Å². The molecule has 0 aliphatic heterocycles. The van der Waals surface area contributed by atoms with Gasteiger partial charge < -0.3 is 19.3 Å². The second-order valence-electron chi connectivity index (χ2n) is 7.84. The molecule has 174 valence electrons. The Labute approximate surface area is 194 Å². The maximum Gasteiger partial charge on any atom is 0.338 e. The fourth-order valence-corrected chi connectivity index (χ4v) is 3.22. The zero-order chi connectivity index (χ0) is 24.2. The van der Waals surface area contributed by atoms with Crippen LogP contribution in [0.25, 0.3) is 5.65 Å². The molecule has 4 rings (SSSR count). The van der Waals surface area contributed by atoms with Crippen molar-refractivity contribution in [1.29, 1.82) is 0 Å². The summed E-state index contributed by atoms with van der Waals surface area (Å²) in [4.78, 5) is 41.3. The molecule has 0 fully saturated rings. The van der Waals surface area contributed by atoms with Crippen LogP contribution in [0.15, 0.2) is 63.9 Å². The highest BCUT2D eigenvalue weighted by atomic mass is 16.5. The van der Waals surface area contributed by atoms with Crippen molar-refractivity contribution in [3.63, 3.8) is 0 Å². The minimum atomic E-state index is -0.614. The number of fused-ring (bicyclic) bond motifs is 1. The Balaban J connectivity index is 1.38. The smallest absolute Gasteiger partial charge is 0.338 e. The number of carbonyl (C=O) groups is 2. The molecule has 0 saturated heterocycles. The molecule has 0 bridgehead atoms. The fraction of sp³-hybridized carbons (Fsp3) is 0.200. The van der Waals surface area contributed by atoms with Gasteiger partial charge in [0.05, 0.1) is 11.3 Å². The Bertz CT molecular complexity index is 1420. The number of nitrogens with zero attached hydrogens (tertiary/aromatic N) is 2. The summed E-state index contributed by atoms with van der Waals surface area (Å²) in [5, 5.41) is 2.75. The van der Waals surface area contributed by atoms with Crippen LogP contribution in [0, 0.1) is 20.8 Å². The van der Waals surface area contributed by atoms with Crippen molar-refractivity contribution in [2.45, 2.75) is 27.4 Å². The first-order valence-corrected chi connectivity index (χ1v) is 10.6. The highest BCUT2D eigenvalue weighted by Gasteiger charge is 2.14. The van der Waals surface area contributed by atoms with Crippen molar-refractivity contribution >= 4 is 23.2 Å². The Kier molecular flexibility index (Phi) is 6.44. The number of carbonyl (C=O) groups excluding carboxylic acids is 2. The Morgan fingerprint density at radius 2 is 1.79 bits per heavy atom. The molecule has 0 unspecified atom stereocenters. The molecule has 2 aromatic carbocycles. The highest BCUT2D eigenvalue weighted by molar-refractivity contribution is 5.96. The summed E-state index contributed by atoms with van der Waals surface area (Å²) in [5.41, 5.74) is 2.82. The van der Waals surface area contributed by atoms with Crippen LogP contribution < -0.4 is 15.6 Å². The van der Waals surface area contributed by atoms with Crippen LogP contribution in [0.1, 0.15) is 32.9 Å². The number of esters is 1. The maximum absolute atomic E-state index is 12.6. The number of aromatic nitrogens is 2. The van der Waals surface area contributed by atoms with E-state index in [1.165, 1.54) is 12.1 Å². The maximum atomic E-state index is 12.6. The zero-order valence-electron chi connectivity index (χ0n) is 19.0. The lowest BCUT2D eigenvalue weighted by atomic mass is 10.1. The molecular formula is C25H23N3O6. The van der Waals surface area contributed by atoms with E-state index in [0.29, 0.717) is 28.5 Å². The largest absolute Gasteiger partial charge is 0.484 e. The van der Waals surface area contributed by atoms with Crippen molar-refractivity contribution in [1.82, 2.24) is 9.56 Å². The van der Waals surface area contributed by atoms with Crippen LogP contribution in [-0.4, -0.2) is 28.0 Å². The lowest BCUT2D eigenvalue weighted by Gasteiger charge is -2.11. The lowest BCUT2D eigenvalue weighted by Crippen LogP contribution is -2.21. The third kappa shape index (κ3) is 5.32. The molecule has 0 atom stereocenters. The molecule has 2 aromatic heterocycles. The monoisotopic (exact) mass is 461 g/mol. The van der Waals surface area contributed by atoms with Gasteiger partial charge in [0, 0.05) is 17.8 Å². The summed E-state index contributed by atoms with van der Waals surface area (Å²) in [5.74, 6) is 0.156. The quantitative estimate of drug-likeness (QED) is 0.419. The molecule has 1 amide bonds. The van der Waals surface area contributed by atoms with Gasteiger partial charge in [-0.3, -0.25) is 9.59 Å². The summed E-state index contributed by atoms with van der Waals surface area (Å²) in [6.07, 6.45) is 0. The van der Waals surface area contributed by atoms with Gasteiger partial charge >= 0.3 is 5.97 Å². The Morgan fingerprint density at radius 1 is 1.03 bits per heavy atom. The van der Waals surface area contributed by atoms with E-state index >= 15 is 0 Å². The van der Waals surface area contributed by atoms with Crippen LogP contribution in [0.5, 0.6) is 5.75 Å². The average Bonchev–Trinajstić information content (AvgIpc) is 3.19. The van der Waals surface area contributed by atoms with E-state index in [0.717, 1.165) is 15.7 Å². The highest BCUT2D eigenvalue weighted by Crippen LogP contribution is 2.19. The second kappa shape index (κ2) is 9.62. The number of anilines is 1. The second-order valence-corrected chi connectivity index (χ2v) is 7.84. The zero-order valence-corrected chi connectivity index (χ0v) is 19.0. The van der Waals surface area contributed by atoms with Crippen LogP contribution in [-0.2, 0) is 16.1 Å². The van der Waals surface area contributed by atoms with Gasteiger partial charge in [0.2, 0.25) is 0 Å². The summed E-state index contributed by atoms with van der Waals surface area (Å²) in [7, 11) is 0. The minimum Gasteiger partial charge on any atom is -0.484 e. The Hall–Kier alpha value is -4.40. The van der Waals surface area contributed by atoms with E-state index in [2.05, 4.69) is 10.3 Å². The number of hydrogen-bond acceptors (Lipinski definition) is 7. The van der Waals surface area contributed by atoms with Gasteiger partial charge in [-0.15, -0.1) is 4.57 Å². The Morgan fingerprint density at radius 3 is 2.56 bits per heavy atom. The average molecular weight is 461 g/mol. The van der Waals surface area contributed by atoms with Gasteiger partial charge in [-0.1, -0.05) is 23.8 Å². The molecule has 4 aromatic rings.